The Hall–Kier alpha value is -2.22. The third-order valence-electron chi connectivity index (χ3n) is 4.67. The van der Waals surface area contributed by atoms with Crippen LogP contribution in [0.4, 0.5) is 4.79 Å². The Morgan fingerprint density at radius 2 is 1.59 bits per heavy atom. The zero-order valence-corrected chi connectivity index (χ0v) is 21.7. The number of hydrogen-bond acceptors (Lipinski definition) is 5. The number of nitrogens with one attached hydrogen (secondary N) is 2. The van der Waals surface area contributed by atoms with Gasteiger partial charge in [0, 0.05) is 17.8 Å². The number of rotatable bonds is 7. The molecule has 0 saturated carbocycles. The maximum Gasteiger partial charge on any atom is 0.408 e. The van der Waals surface area contributed by atoms with E-state index in [2.05, 4.69) is 23.3 Å². The van der Waals surface area contributed by atoms with Crippen LogP contribution >= 0.6 is 12.6 Å². The van der Waals surface area contributed by atoms with E-state index in [4.69, 9.17) is 4.74 Å². The van der Waals surface area contributed by atoms with E-state index in [1.54, 1.807) is 20.8 Å². The predicted octanol–water partition coefficient (Wildman–Crippen LogP) is 3.93. The molecule has 0 bridgehead atoms. The monoisotopic (exact) mass is 465 g/mol. The van der Waals surface area contributed by atoms with Crippen molar-refractivity contribution in [1.82, 2.24) is 15.5 Å². The Morgan fingerprint density at radius 3 is 2.00 bits per heavy atom. The van der Waals surface area contributed by atoms with Gasteiger partial charge in [0.2, 0.25) is 11.8 Å². The third-order valence-corrected chi connectivity index (χ3v) is 5.03. The molecule has 1 rings (SSSR count). The molecule has 2 atom stereocenters. The van der Waals surface area contributed by atoms with Crippen LogP contribution in [0.15, 0.2) is 18.2 Å². The summed E-state index contributed by atoms with van der Waals surface area (Å²) in [4.78, 5) is 40.8. The van der Waals surface area contributed by atoms with Gasteiger partial charge < -0.3 is 20.3 Å². The van der Waals surface area contributed by atoms with Gasteiger partial charge in [0.05, 0.1) is 0 Å². The summed E-state index contributed by atoms with van der Waals surface area (Å²) in [6, 6.07) is 3.98. The Morgan fingerprint density at radius 1 is 1.06 bits per heavy atom. The van der Waals surface area contributed by atoms with Crippen LogP contribution in [0, 0.1) is 13.8 Å². The fraction of sp³-hybridized carbons (Fsp3) is 0.625. The van der Waals surface area contributed by atoms with Crippen LogP contribution in [0.2, 0.25) is 0 Å². The normalized spacial score (nSPS) is 13.7. The first-order valence-electron chi connectivity index (χ1n) is 10.9. The molecule has 1 aromatic carbocycles. The molecule has 3 amide bonds. The molecular weight excluding hydrogens is 426 g/mol. The lowest BCUT2D eigenvalue weighted by Gasteiger charge is -2.36. The van der Waals surface area contributed by atoms with Gasteiger partial charge in [-0.1, -0.05) is 18.2 Å². The number of thiol groups is 1. The molecule has 0 aliphatic heterocycles. The molecule has 8 heteroatoms. The quantitative estimate of drug-likeness (QED) is 0.533. The summed E-state index contributed by atoms with van der Waals surface area (Å²) in [6.07, 6.45) is -0.705. The largest absolute Gasteiger partial charge is 0.444 e. The van der Waals surface area contributed by atoms with E-state index in [9.17, 15) is 14.4 Å². The summed E-state index contributed by atoms with van der Waals surface area (Å²) in [5.41, 5.74) is 1.42. The van der Waals surface area contributed by atoms with Gasteiger partial charge in [-0.15, -0.1) is 0 Å². The number of carbonyl (C=O) groups is 3. The smallest absolute Gasteiger partial charge is 0.408 e. The van der Waals surface area contributed by atoms with Crippen LogP contribution in [-0.4, -0.2) is 52.3 Å². The average Bonchev–Trinajstić information content (AvgIpc) is 2.62. The number of ether oxygens (including phenoxy) is 1. The van der Waals surface area contributed by atoms with E-state index in [0.29, 0.717) is 0 Å². The first-order valence-corrected chi connectivity index (χ1v) is 11.5. The summed E-state index contributed by atoms with van der Waals surface area (Å²) in [5, 5.41) is 5.61. The van der Waals surface area contributed by atoms with Crippen LogP contribution in [0.25, 0.3) is 0 Å². The third kappa shape index (κ3) is 8.04. The fourth-order valence-corrected chi connectivity index (χ4v) is 3.67. The van der Waals surface area contributed by atoms with Crippen molar-refractivity contribution in [1.29, 1.82) is 0 Å². The van der Waals surface area contributed by atoms with E-state index in [-0.39, 0.29) is 18.2 Å². The SMILES string of the molecule is CCN(C(=O)C(CS)NC(=O)OC(C)(C)C)C(C(=O)NC(C)(C)C)c1c(C)cccc1C. The number of nitrogens with zero attached hydrogens (tertiary/aromatic N) is 1. The van der Waals surface area contributed by atoms with E-state index in [0.717, 1.165) is 16.7 Å². The second-order valence-corrected chi connectivity index (χ2v) is 10.3. The highest BCUT2D eigenvalue weighted by Crippen LogP contribution is 2.29. The zero-order valence-electron chi connectivity index (χ0n) is 20.8. The summed E-state index contributed by atoms with van der Waals surface area (Å²) in [7, 11) is 0. The van der Waals surface area contributed by atoms with Crippen molar-refractivity contribution in [3.8, 4) is 0 Å². The number of aryl methyl sites for hydroxylation is 2. The Bertz CT molecular complexity index is 807. The van der Waals surface area contributed by atoms with E-state index >= 15 is 0 Å². The van der Waals surface area contributed by atoms with Crippen molar-refractivity contribution >= 4 is 30.5 Å². The van der Waals surface area contributed by atoms with Crippen LogP contribution in [0.5, 0.6) is 0 Å². The summed E-state index contributed by atoms with van der Waals surface area (Å²) in [6.45, 7) is 16.9. The van der Waals surface area contributed by atoms with Gasteiger partial charge in [-0.3, -0.25) is 9.59 Å². The second-order valence-electron chi connectivity index (χ2n) is 9.95. The first-order chi connectivity index (χ1) is 14.6. The molecule has 0 spiro atoms. The van der Waals surface area contributed by atoms with Gasteiger partial charge in [0.15, 0.2) is 0 Å². The number of carbonyl (C=O) groups excluding carboxylic acids is 3. The van der Waals surface area contributed by atoms with E-state index < -0.39 is 35.2 Å². The zero-order chi connectivity index (χ0) is 24.9. The Kier molecular flexibility index (Phi) is 9.63. The molecule has 0 aliphatic rings. The van der Waals surface area contributed by atoms with Crippen LogP contribution in [-0.2, 0) is 14.3 Å². The second kappa shape index (κ2) is 11.1. The van der Waals surface area contributed by atoms with Gasteiger partial charge in [-0.2, -0.15) is 12.6 Å². The number of hydrogen-bond donors (Lipinski definition) is 3. The minimum atomic E-state index is -0.942. The van der Waals surface area contributed by atoms with Crippen molar-refractivity contribution in [2.75, 3.05) is 12.3 Å². The molecular formula is C24H39N3O4S. The molecule has 0 radical (unpaired) electrons. The van der Waals surface area contributed by atoms with Gasteiger partial charge in [0.25, 0.3) is 0 Å². The first kappa shape index (κ1) is 27.8. The average molecular weight is 466 g/mol. The van der Waals surface area contributed by atoms with Gasteiger partial charge >= 0.3 is 6.09 Å². The molecule has 180 valence electrons. The maximum absolute atomic E-state index is 13.5. The van der Waals surface area contributed by atoms with Crippen molar-refractivity contribution in [2.45, 2.75) is 85.5 Å². The molecule has 2 N–H and O–H groups in total. The lowest BCUT2D eigenvalue weighted by molar-refractivity contribution is -0.142. The van der Waals surface area contributed by atoms with Crippen molar-refractivity contribution in [2.24, 2.45) is 0 Å². The highest BCUT2D eigenvalue weighted by Gasteiger charge is 2.37. The van der Waals surface area contributed by atoms with Crippen molar-refractivity contribution in [3.63, 3.8) is 0 Å². The molecule has 0 aliphatic carbocycles. The molecule has 2 unspecified atom stereocenters. The number of amides is 3. The summed E-state index contributed by atoms with van der Waals surface area (Å²) < 4.78 is 5.30. The predicted molar refractivity (Wildman–Crippen MR) is 131 cm³/mol. The number of benzene rings is 1. The lowest BCUT2D eigenvalue weighted by atomic mass is 9.93. The molecule has 0 fully saturated rings. The molecule has 7 nitrogen and oxygen atoms in total. The minimum Gasteiger partial charge on any atom is -0.444 e. The molecule has 0 aromatic heterocycles. The van der Waals surface area contributed by atoms with Crippen molar-refractivity contribution < 1.29 is 19.1 Å². The summed E-state index contributed by atoms with van der Waals surface area (Å²) in [5.74, 6) is -0.611. The summed E-state index contributed by atoms with van der Waals surface area (Å²) >= 11 is 4.27. The van der Waals surface area contributed by atoms with Crippen molar-refractivity contribution in [3.05, 3.63) is 34.9 Å². The molecule has 0 heterocycles. The topological polar surface area (TPSA) is 87.7 Å². The molecule has 1 aromatic rings. The van der Waals surface area contributed by atoms with Crippen LogP contribution in [0.3, 0.4) is 0 Å². The Balaban J connectivity index is 3.40. The maximum atomic E-state index is 13.5. The molecule has 0 saturated heterocycles. The van der Waals surface area contributed by atoms with Gasteiger partial charge in [0.1, 0.15) is 17.7 Å². The fourth-order valence-electron chi connectivity index (χ4n) is 3.43. The number of likely N-dealkylation sites (N-methyl/N-ethyl adjacent to an activating group) is 1. The lowest BCUT2D eigenvalue weighted by Crippen LogP contribution is -2.55. The standard InChI is InChI=1S/C24H39N3O4S/c1-10-27(21(29)17(14-32)25-22(30)31-24(7,8)9)19(20(28)26-23(4,5)6)18-15(2)12-11-13-16(18)3/h11-13,17,19,32H,10,14H2,1-9H3,(H,25,30)(H,26,28). The molecule has 32 heavy (non-hydrogen) atoms. The van der Waals surface area contributed by atoms with Crippen LogP contribution in [0.1, 0.15) is 71.2 Å². The highest BCUT2D eigenvalue weighted by molar-refractivity contribution is 7.80. The number of alkyl carbamates (subject to hydrolysis) is 1. The van der Waals surface area contributed by atoms with Gasteiger partial charge in [-0.25, -0.2) is 4.79 Å². The Labute approximate surface area is 198 Å². The minimum absolute atomic E-state index is 0.0644. The van der Waals surface area contributed by atoms with Crippen LogP contribution < -0.4 is 10.6 Å². The van der Waals surface area contributed by atoms with Gasteiger partial charge in [-0.05, 0) is 79.0 Å². The van der Waals surface area contributed by atoms with E-state index in [1.165, 1.54) is 4.90 Å². The highest BCUT2D eigenvalue weighted by atomic mass is 32.1. The van der Waals surface area contributed by atoms with E-state index in [1.807, 2.05) is 59.7 Å².